The first kappa shape index (κ1) is 21.0. The van der Waals surface area contributed by atoms with Crippen LogP contribution in [0.2, 0.25) is 0 Å². The maximum atomic E-state index is 5.68. The summed E-state index contributed by atoms with van der Waals surface area (Å²) < 4.78 is 13.2. The van der Waals surface area contributed by atoms with Gasteiger partial charge in [-0.3, -0.25) is 0 Å². The van der Waals surface area contributed by atoms with Crippen LogP contribution in [0, 0.1) is 13.8 Å². The summed E-state index contributed by atoms with van der Waals surface area (Å²) in [6.45, 7) is 4.08. The number of anilines is 2. The van der Waals surface area contributed by atoms with Crippen molar-refractivity contribution in [1.82, 2.24) is 14.4 Å². The van der Waals surface area contributed by atoms with E-state index in [4.69, 9.17) is 14.5 Å². The lowest BCUT2D eigenvalue weighted by Gasteiger charge is -2.12. The van der Waals surface area contributed by atoms with E-state index in [1.54, 1.807) is 25.6 Å². The molecular formula is C26H24N4O2S. The standard InChI is InChI=1S/C26H24N4O2S/c1-16-25(18-7-5-8-20(13-18)31-3)29-26-22(9-6-12-30(16)26)28-19-10-11-21(23(14-19)32-4)24-15-27-17(2)33-24/h5-15,28H,1-4H3. The highest BCUT2D eigenvalue weighted by molar-refractivity contribution is 7.15. The van der Waals surface area contributed by atoms with Crippen LogP contribution < -0.4 is 14.8 Å². The second-order valence-electron chi connectivity index (χ2n) is 7.68. The molecule has 3 heterocycles. The molecule has 0 unspecified atom stereocenters. The number of thiazole rings is 1. The van der Waals surface area contributed by atoms with Gasteiger partial charge in [0.15, 0.2) is 5.65 Å². The van der Waals surface area contributed by atoms with Crippen molar-refractivity contribution >= 4 is 28.4 Å². The van der Waals surface area contributed by atoms with Gasteiger partial charge in [0.1, 0.15) is 11.5 Å². The first-order valence-electron chi connectivity index (χ1n) is 10.6. The van der Waals surface area contributed by atoms with Gasteiger partial charge in [0, 0.05) is 41.0 Å². The number of pyridine rings is 1. The molecule has 2 aromatic carbocycles. The van der Waals surface area contributed by atoms with Crippen molar-refractivity contribution < 1.29 is 9.47 Å². The van der Waals surface area contributed by atoms with Crippen molar-refractivity contribution in [2.45, 2.75) is 13.8 Å². The van der Waals surface area contributed by atoms with Crippen molar-refractivity contribution in [1.29, 1.82) is 0 Å². The monoisotopic (exact) mass is 456 g/mol. The van der Waals surface area contributed by atoms with Gasteiger partial charge in [0.2, 0.25) is 0 Å². The summed E-state index contributed by atoms with van der Waals surface area (Å²) in [5.74, 6) is 1.61. The Hall–Kier alpha value is -3.84. The summed E-state index contributed by atoms with van der Waals surface area (Å²) in [6, 6.07) is 18.1. The third-order valence-corrected chi connectivity index (χ3v) is 6.55. The van der Waals surface area contributed by atoms with Crippen molar-refractivity contribution in [2.75, 3.05) is 19.5 Å². The molecule has 0 radical (unpaired) electrons. The number of methoxy groups -OCH3 is 2. The molecule has 5 aromatic rings. The average Bonchev–Trinajstić information content (AvgIpc) is 3.43. The van der Waals surface area contributed by atoms with Gasteiger partial charge in [-0.15, -0.1) is 11.3 Å². The molecule has 5 rings (SSSR count). The molecule has 0 saturated heterocycles. The van der Waals surface area contributed by atoms with E-state index in [1.165, 1.54) is 0 Å². The molecule has 7 heteroatoms. The maximum absolute atomic E-state index is 5.68. The maximum Gasteiger partial charge on any atom is 0.161 e. The van der Waals surface area contributed by atoms with Gasteiger partial charge in [-0.05, 0) is 50.2 Å². The molecule has 0 bridgehead atoms. The smallest absolute Gasteiger partial charge is 0.161 e. The zero-order valence-corrected chi connectivity index (χ0v) is 19.7. The number of aryl methyl sites for hydroxylation is 2. The third kappa shape index (κ3) is 3.91. The zero-order chi connectivity index (χ0) is 22.9. The zero-order valence-electron chi connectivity index (χ0n) is 18.9. The van der Waals surface area contributed by atoms with Gasteiger partial charge in [-0.2, -0.15) is 0 Å². The van der Waals surface area contributed by atoms with Crippen LogP contribution >= 0.6 is 11.3 Å². The SMILES string of the molecule is COc1cccc(-c2nc3c(Nc4ccc(-c5cnc(C)s5)c(OC)c4)cccn3c2C)c1. The van der Waals surface area contributed by atoms with Crippen LogP contribution in [0.4, 0.5) is 11.4 Å². The average molecular weight is 457 g/mol. The van der Waals surface area contributed by atoms with Crippen LogP contribution in [0.25, 0.3) is 27.3 Å². The Morgan fingerprint density at radius 3 is 2.61 bits per heavy atom. The first-order valence-corrected chi connectivity index (χ1v) is 11.4. The summed E-state index contributed by atoms with van der Waals surface area (Å²) in [7, 11) is 3.36. The van der Waals surface area contributed by atoms with Crippen LogP contribution in [-0.2, 0) is 0 Å². The third-order valence-electron chi connectivity index (χ3n) is 5.60. The number of hydrogen-bond donors (Lipinski definition) is 1. The molecule has 1 N–H and O–H groups in total. The molecule has 0 aliphatic heterocycles. The molecule has 3 aromatic heterocycles. The molecule has 0 fully saturated rings. The number of ether oxygens (including phenoxy) is 2. The fraction of sp³-hybridized carbons (Fsp3) is 0.154. The number of nitrogens with one attached hydrogen (secondary N) is 1. The van der Waals surface area contributed by atoms with Gasteiger partial charge in [-0.1, -0.05) is 12.1 Å². The molecule has 33 heavy (non-hydrogen) atoms. The minimum atomic E-state index is 0.798. The van der Waals surface area contributed by atoms with E-state index in [1.807, 2.05) is 55.7 Å². The lowest BCUT2D eigenvalue weighted by molar-refractivity contribution is 0.415. The lowest BCUT2D eigenvalue weighted by Crippen LogP contribution is -1.96. The Morgan fingerprint density at radius 2 is 1.85 bits per heavy atom. The van der Waals surface area contributed by atoms with E-state index in [-0.39, 0.29) is 0 Å². The summed E-state index contributed by atoms with van der Waals surface area (Å²) in [4.78, 5) is 10.4. The summed E-state index contributed by atoms with van der Waals surface area (Å²) >= 11 is 1.65. The highest BCUT2D eigenvalue weighted by Crippen LogP contribution is 2.37. The first-order chi connectivity index (χ1) is 16.1. The van der Waals surface area contributed by atoms with E-state index in [2.05, 4.69) is 39.8 Å². The summed E-state index contributed by atoms with van der Waals surface area (Å²) in [5.41, 5.74) is 6.74. The van der Waals surface area contributed by atoms with E-state index in [0.717, 1.165) is 60.9 Å². The predicted octanol–water partition coefficient (Wildman–Crippen LogP) is 6.50. The van der Waals surface area contributed by atoms with E-state index >= 15 is 0 Å². The van der Waals surface area contributed by atoms with Crippen molar-refractivity contribution in [3.8, 4) is 33.2 Å². The molecule has 166 valence electrons. The van der Waals surface area contributed by atoms with Crippen LogP contribution in [0.3, 0.4) is 0 Å². The normalized spacial score (nSPS) is 11.0. The number of fused-ring (bicyclic) bond motifs is 1. The van der Waals surface area contributed by atoms with Gasteiger partial charge in [0.25, 0.3) is 0 Å². The van der Waals surface area contributed by atoms with Crippen molar-refractivity contribution in [3.63, 3.8) is 0 Å². The fourth-order valence-corrected chi connectivity index (χ4v) is 4.75. The molecule has 0 spiro atoms. The second-order valence-corrected chi connectivity index (χ2v) is 8.91. The Kier molecular flexibility index (Phi) is 5.48. The van der Waals surface area contributed by atoms with Gasteiger partial charge < -0.3 is 19.2 Å². The minimum Gasteiger partial charge on any atom is -0.497 e. The quantitative estimate of drug-likeness (QED) is 0.316. The van der Waals surface area contributed by atoms with Crippen LogP contribution in [-0.4, -0.2) is 28.6 Å². The largest absolute Gasteiger partial charge is 0.497 e. The highest BCUT2D eigenvalue weighted by Gasteiger charge is 2.15. The number of imidazole rings is 1. The second kappa shape index (κ2) is 8.60. The van der Waals surface area contributed by atoms with Gasteiger partial charge in [-0.25, -0.2) is 9.97 Å². The molecule has 0 amide bonds. The minimum absolute atomic E-state index is 0.798. The van der Waals surface area contributed by atoms with Gasteiger partial charge in [0.05, 0.1) is 35.5 Å². The molecule has 0 atom stereocenters. The number of nitrogens with zero attached hydrogens (tertiary/aromatic N) is 3. The summed E-state index contributed by atoms with van der Waals surface area (Å²) in [5, 5.41) is 4.55. The Labute approximate surface area is 196 Å². The van der Waals surface area contributed by atoms with E-state index < -0.39 is 0 Å². The number of aromatic nitrogens is 3. The van der Waals surface area contributed by atoms with Gasteiger partial charge >= 0.3 is 0 Å². The van der Waals surface area contributed by atoms with Crippen LogP contribution in [0.15, 0.2) is 67.0 Å². The predicted molar refractivity (Wildman–Crippen MR) is 134 cm³/mol. The number of hydrogen-bond acceptors (Lipinski definition) is 6. The lowest BCUT2D eigenvalue weighted by atomic mass is 10.1. The van der Waals surface area contributed by atoms with Crippen LogP contribution in [0.1, 0.15) is 10.7 Å². The Bertz CT molecular complexity index is 1450. The topological polar surface area (TPSA) is 60.7 Å². The fourth-order valence-electron chi connectivity index (χ4n) is 3.94. The molecule has 0 aliphatic carbocycles. The van der Waals surface area contributed by atoms with Crippen molar-refractivity contribution in [2.24, 2.45) is 0 Å². The number of benzene rings is 2. The molecule has 0 aliphatic rings. The molecular weight excluding hydrogens is 432 g/mol. The summed E-state index contributed by atoms with van der Waals surface area (Å²) in [6.07, 6.45) is 3.92. The molecule has 6 nitrogen and oxygen atoms in total. The number of rotatable bonds is 6. The Morgan fingerprint density at radius 1 is 0.970 bits per heavy atom. The van der Waals surface area contributed by atoms with E-state index in [9.17, 15) is 0 Å². The van der Waals surface area contributed by atoms with E-state index in [0.29, 0.717) is 0 Å². The Balaban J connectivity index is 1.53. The van der Waals surface area contributed by atoms with Crippen molar-refractivity contribution in [3.05, 3.63) is 77.7 Å². The van der Waals surface area contributed by atoms with Crippen LogP contribution in [0.5, 0.6) is 11.5 Å². The molecule has 0 saturated carbocycles. The highest BCUT2D eigenvalue weighted by atomic mass is 32.1.